The molecule has 0 aliphatic heterocycles. The maximum absolute atomic E-state index is 12.6. The summed E-state index contributed by atoms with van der Waals surface area (Å²) in [6.45, 7) is 1.80. The average Bonchev–Trinajstić information content (AvgIpc) is 2.98. The quantitative estimate of drug-likeness (QED) is 0.729. The van der Waals surface area contributed by atoms with Crippen LogP contribution in [0.2, 0.25) is 0 Å². The summed E-state index contributed by atoms with van der Waals surface area (Å²) >= 11 is 0. The fourth-order valence-electron chi connectivity index (χ4n) is 2.98. The maximum atomic E-state index is 12.6. The van der Waals surface area contributed by atoms with Crippen LogP contribution in [-0.2, 0) is 6.42 Å². The Bertz CT molecular complexity index is 868. The molecular weight excluding hydrogens is 336 g/mol. The Morgan fingerprint density at radius 1 is 1.23 bits per heavy atom. The van der Waals surface area contributed by atoms with E-state index in [-0.39, 0.29) is 11.7 Å². The summed E-state index contributed by atoms with van der Waals surface area (Å²) in [5.41, 5.74) is 10.1. The number of hydrogen-bond acceptors (Lipinski definition) is 5. The standard InChI is InChI=1S/C18H20N4O4/c1-10-15-13(21-22-18(19)24)4-3-5-14(15)26-16(10)17(23)20-11-6-8-12(25-2)9-7-11/h6-9H,3-5H2,1-2H3,(H,20,23)(H3,19,22,24)/b21-13+. The molecule has 1 aliphatic carbocycles. The Morgan fingerprint density at radius 3 is 2.62 bits per heavy atom. The first-order valence-corrected chi connectivity index (χ1v) is 8.19. The number of carbonyl (C=O) groups is 2. The van der Waals surface area contributed by atoms with Gasteiger partial charge in [0.2, 0.25) is 0 Å². The van der Waals surface area contributed by atoms with Crippen LogP contribution in [0.5, 0.6) is 5.75 Å². The summed E-state index contributed by atoms with van der Waals surface area (Å²) < 4.78 is 10.9. The third-order valence-electron chi connectivity index (χ3n) is 4.18. The van der Waals surface area contributed by atoms with Gasteiger partial charge in [0.15, 0.2) is 5.76 Å². The third kappa shape index (κ3) is 3.53. The van der Waals surface area contributed by atoms with Gasteiger partial charge in [-0.25, -0.2) is 10.2 Å². The number of ether oxygens (including phenoxy) is 1. The van der Waals surface area contributed by atoms with E-state index in [2.05, 4.69) is 15.8 Å². The largest absolute Gasteiger partial charge is 0.497 e. The molecule has 0 atom stereocenters. The van der Waals surface area contributed by atoms with E-state index < -0.39 is 6.03 Å². The number of nitrogens with two attached hydrogens (primary N) is 1. The van der Waals surface area contributed by atoms with Gasteiger partial charge in [-0.1, -0.05) is 0 Å². The number of hydrogen-bond donors (Lipinski definition) is 3. The highest BCUT2D eigenvalue weighted by atomic mass is 16.5. The normalized spacial score (nSPS) is 14.6. The van der Waals surface area contributed by atoms with Crippen molar-refractivity contribution in [3.63, 3.8) is 0 Å². The van der Waals surface area contributed by atoms with E-state index in [4.69, 9.17) is 14.9 Å². The smallest absolute Gasteiger partial charge is 0.332 e. The summed E-state index contributed by atoms with van der Waals surface area (Å²) in [6, 6.07) is 6.28. The van der Waals surface area contributed by atoms with Crippen molar-refractivity contribution in [3.8, 4) is 5.75 Å². The summed E-state index contributed by atoms with van der Waals surface area (Å²) in [5.74, 6) is 1.29. The van der Waals surface area contributed by atoms with Crippen molar-refractivity contribution < 1.29 is 18.7 Å². The van der Waals surface area contributed by atoms with E-state index in [1.807, 2.05) is 0 Å². The predicted octanol–water partition coefficient (Wildman–Crippen LogP) is 2.56. The minimum atomic E-state index is -0.733. The van der Waals surface area contributed by atoms with Crippen LogP contribution >= 0.6 is 0 Å². The predicted molar refractivity (Wildman–Crippen MR) is 96.6 cm³/mol. The van der Waals surface area contributed by atoms with Gasteiger partial charge in [0, 0.05) is 23.2 Å². The lowest BCUT2D eigenvalue weighted by atomic mass is 9.93. The second-order valence-electron chi connectivity index (χ2n) is 5.93. The molecule has 1 aromatic carbocycles. The Morgan fingerprint density at radius 2 is 1.96 bits per heavy atom. The van der Waals surface area contributed by atoms with Gasteiger partial charge in [0.05, 0.1) is 12.8 Å². The van der Waals surface area contributed by atoms with E-state index >= 15 is 0 Å². The number of urea groups is 1. The number of rotatable bonds is 4. The molecule has 4 N–H and O–H groups in total. The summed E-state index contributed by atoms with van der Waals surface area (Å²) in [7, 11) is 1.58. The molecule has 3 rings (SSSR count). The molecule has 3 amide bonds. The number of methoxy groups -OCH3 is 1. The molecule has 0 unspecified atom stereocenters. The summed E-state index contributed by atoms with van der Waals surface area (Å²) in [4.78, 5) is 23.5. The fraction of sp³-hybridized carbons (Fsp3) is 0.278. The van der Waals surface area contributed by atoms with E-state index in [0.29, 0.717) is 41.3 Å². The highest BCUT2D eigenvalue weighted by molar-refractivity contribution is 6.09. The first kappa shape index (κ1) is 17.5. The van der Waals surface area contributed by atoms with E-state index in [1.165, 1.54) is 0 Å². The van der Waals surface area contributed by atoms with Gasteiger partial charge >= 0.3 is 6.03 Å². The lowest BCUT2D eigenvalue weighted by molar-refractivity contribution is 0.0994. The SMILES string of the molecule is COc1ccc(NC(=O)c2oc3c(c2C)/C(=N/NC(N)=O)CCC3)cc1. The van der Waals surface area contributed by atoms with Gasteiger partial charge in [0.1, 0.15) is 11.5 Å². The van der Waals surface area contributed by atoms with E-state index in [0.717, 1.165) is 12.0 Å². The third-order valence-corrected chi connectivity index (χ3v) is 4.18. The Hall–Kier alpha value is -3.29. The number of nitrogens with zero attached hydrogens (tertiary/aromatic N) is 1. The molecule has 2 aromatic rings. The molecule has 0 bridgehead atoms. The molecule has 0 fully saturated rings. The van der Waals surface area contributed by atoms with Crippen LogP contribution in [0.3, 0.4) is 0 Å². The molecule has 1 aromatic heterocycles. The van der Waals surface area contributed by atoms with E-state index in [9.17, 15) is 9.59 Å². The van der Waals surface area contributed by atoms with Gasteiger partial charge in [-0.05, 0) is 44.0 Å². The van der Waals surface area contributed by atoms with Crippen LogP contribution in [0.25, 0.3) is 0 Å². The molecule has 0 saturated heterocycles. The number of anilines is 1. The van der Waals surface area contributed by atoms with Gasteiger partial charge in [-0.2, -0.15) is 5.10 Å². The van der Waals surface area contributed by atoms with Gasteiger partial charge in [0.25, 0.3) is 5.91 Å². The monoisotopic (exact) mass is 356 g/mol. The Kier molecular flexibility index (Phi) is 4.92. The highest BCUT2D eigenvalue weighted by Gasteiger charge is 2.28. The van der Waals surface area contributed by atoms with Crippen LogP contribution in [0.1, 0.15) is 40.3 Å². The molecule has 0 radical (unpaired) electrons. The molecule has 8 nitrogen and oxygen atoms in total. The number of aryl methyl sites for hydroxylation is 1. The molecule has 8 heteroatoms. The van der Waals surface area contributed by atoms with Gasteiger partial charge in [-0.3, -0.25) is 4.79 Å². The number of amides is 3. The molecule has 136 valence electrons. The minimum absolute atomic E-state index is 0.236. The number of furan rings is 1. The van der Waals surface area contributed by atoms with Crippen molar-refractivity contribution in [1.82, 2.24) is 5.43 Å². The number of hydrazone groups is 1. The first-order chi connectivity index (χ1) is 12.5. The molecule has 1 heterocycles. The highest BCUT2D eigenvalue weighted by Crippen LogP contribution is 2.30. The molecular formula is C18H20N4O4. The number of nitrogens with one attached hydrogen (secondary N) is 2. The van der Waals surface area contributed by atoms with Crippen molar-refractivity contribution in [1.29, 1.82) is 0 Å². The number of benzene rings is 1. The molecule has 26 heavy (non-hydrogen) atoms. The number of carbonyl (C=O) groups excluding carboxylic acids is 2. The number of primary amides is 1. The molecule has 1 aliphatic rings. The zero-order valence-corrected chi connectivity index (χ0v) is 14.6. The average molecular weight is 356 g/mol. The zero-order chi connectivity index (χ0) is 18.7. The lowest BCUT2D eigenvalue weighted by Gasteiger charge is -2.13. The minimum Gasteiger partial charge on any atom is -0.497 e. The second kappa shape index (κ2) is 7.30. The summed E-state index contributed by atoms with van der Waals surface area (Å²) in [6.07, 6.45) is 2.20. The molecule has 0 spiro atoms. The number of fused-ring (bicyclic) bond motifs is 1. The van der Waals surface area contributed by atoms with Crippen molar-refractivity contribution >= 4 is 23.3 Å². The van der Waals surface area contributed by atoms with Crippen LogP contribution in [0.15, 0.2) is 33.8 Å². The zero-order valence-electron chi connectivity index (χ0n) is 14.6. The Labute approximate surface area is 150 Å². The summed E-state index contributed by atoms with van der Waals surface area (Å²) in [5, 5.41) is 6.85. The van der Waals surface area contributed by atoms with Gasteiger partial charge < -0.3 is 20.2 Å². The molecule has 0 saturated carbocycles. The van der Waals surface area contributed by atoms with Crippen molar-refractivity contribution in [2.24, 2.45) is 10.8 Å². The van der Waals surface area contributed by atoms with Crippen molar-refractivity contribution in [2.45, 2.75) is 26.2 Å². The first-order valence-electron chi connectivity index (χ1n) is 8.19. The second-order valence-corrected chi connectivity index (χ2v) is 5.93. The Balaban J connectivity index is 1.85. The topological polar surface area (TPSA) is 119 Å². The van der Waals surface area contributed by atoms with Crippen LogP contribution < -0.4 is 21.2 Å². The van der Waals surface area contributed by atoms with Crippen LogP contribution in [-0.4, -0.2) is 24.8 Å². The maximum Gasteiger partial charge on any atom is 0.332 e. The van der Waals surface area contributed by atoms with Crippen LogP contribution in [0.4, 0.5) is 10.5 Å². The van der Waals surface area contributed by atoms with Crippen molar-refractivity contribution in [3.05, 3.63) is 46.9 Å². The van der Waals surface area contributed by atoms with E-state index in [1.54, 1.807) is 38.3 Å². The lowest BCUT2D eigenvalue weighted by Crippen LogP contribution is -2.27. The van der Waals surface area contributed by atoms with Crippen LogP contribution in [0, 0.1) is 6.92 Å². The van der Waals surface area contributed by atoms with Gasteiger partial charge in [-0.15, -0.1) is 0 Å². The fourth-order valence-corrected chi connectivity index (χ4v) is 2.98. The van der Waals surface area contributed by atoms with Crippen molar-refractivity contribution in [2.75, 3.05) is 12.4 Å².